The third kappa shape index (κ3) is 5.88. The lowest BCUT2D eigenvalue weighted by Crippen LogP contribution is -2.54. The predicted molar refractivity (Wildman–Crippen MR) is 119 cm³/mol. The summed E-state index contributed by atoms with van der Waals surface area (Å²) in [5, 5.41) is 3.29. The molecule has 1 aromatic rings. The van der Waals surface area contributed by atoms with E-state index in [9.17, 15) is 9.59 Å². The van der Waals surface area contributed by atoms with E-state index >= 15 is 0 Å². The van der Waals surface area contributed by atoms with Crippen molar-refractivity contribution in [3.8, 4) is 5.75 Å². The Morgan fingerprint density at radius 1 is 1.29 bits per heavy atom. The largest absolute Gasteiger partial charge is 0.494 e. The maximum Gasteiger partial charge on any atom is 0.255 e. The fourth-order valence-corrected chi connectivity index (χ4v) is 4.12. The first-order chi connectivity index (χ1) is 15.0. The molecule has 0 spiro atoms. The molecule has 168 valence electrons. The van der Waals surface area contributed by atoms with Crippen molar-refractivity contribution in [3.05, 3.63) is 24.3 Å². The second-order valence-corrected chi connectivity index (χ2v) is 8.01. The number of carbonyl (C=O) groups is 2. The van der Waals surface area contributed by atoms with E-state index in [4.69, 9.17) is 10.3 Å². The van der Waals surface area contributed by atoms with Crippen molar-refractivity contribution in [3.63, 3.8) is 0 Å². The van der Waals surface area contributed by atoms with Crippen molar-refractivity contribution in [2.45, 2.75) is 38.3 Å². The van der Waals surface area contributed by atoms with Gasteiger partial charge in [0.15, 0.2) is 6.04 Å². The minimum absolute atomic E-state index is 0.0322. The summed E-state index contributed by atoms with van der Waals surface area (Å²) in [6.45, 7) is 5.96. The monoisotopic (exact) mass is 428 g/mol. The summed E-state index contributed by atoms with van der Waals surface area (Å²) in [7, 11) is 1.52. The SMILES string of the molecule is CN=CC(N=N)C(=O)N1CCN(c2ccc(OCCCN3CCC[C@H]3C)cc2)C(=O)C1. The van der Waals surface area contributed by atoms with Gasteiger partial charge in [-0.15, -0.1) is 0 Å². The van der Waals surface area contributed by atoms with Gasteiger partial charge < -0.3 is 19.4 Å². The van der Waals surface area contributed by atoms with Crippen LogP contribution in [0.5, 0.6) is 5.75 Å². The van der Waals surface area contributed by atoms with Gasteiger partial charge in [0.1, 0.15) is 12.3 Å². The van der Waals surface area contributed by atoms with Gasteiger partial charge in [0, 0.05) is 44.6 Å². The van der Waals surface area contributed by atoms with Crippen molar-refractivity contribution in [2.24, 2.45) is 10.1 Å². The van der Waals surface area contributed by atoms with E-state index in [2.05, 4.69) is 21.9 Å². The number of piperazine rings is 1. The van der Waals surface area contributed by atoms with Crippen LogP contribution < -0.4 is 9.64 Å². The van der Waals surface area contributed by atoms with E-state index in [0.29, 0.717) is 25.7 Å². The number of nitrogens with zero attached hydrogens (tertiary/aromatic N) is 5. The van der Waals surface area contributed by atoms with Gasteiger partial charge in [0.2, 0.25) is 5.91 Å². The number of ether oxygens (including phenoxy) is 1. The highest BCUT2D eigenvalue weighted by Crippen LogP contribution is 2.22. The number of rotatable bonds is 9. The van der Waals surface area contributed by atoms with Gasteiger partial charge in [0.25, 0.3) is 5.91 Å². The van der Waals surface area contributed by atoms with Crippen LogP contribution in [0.3, 0.4) is 0 Å². The van der Waals surface area contributed by atoms with Gasteiger partial charge >= 0.3 is 0 Å². The Morgan fingerprint density at radius 3 is 2.68 bits per heavy atom. The van der Waals surface area contributed by atoms with Crippen molar-refractivity contribution < 1.29 is 14.3 Å². The first kappa shape index (κ1) is 22.9. The molecule has 2 amide bonds. The lowest BCUT2D eigenvalue weighted by Gasteiger charge is -2.34. The van der Waals surface area contributed by atoms with Crippen LogP contribution in [-0.2, 0) is 9.59 Å². The van der Waals surface area contributed by atoms with Gasteiger partial charge in [-0.1, -0.05) is 0 Å². The molecule has 1 N–H and O–H groups in total. The van der Waals surface area contributed by atoms with Crippen LogP contribution in [0.2, 0.25) is 0 Å². The van der Waals surface area contributed by atoms with Gasteiger partial charge in [-0.25, -0.2) is 5.53 Å². The molecule has 1 unspecified atom stereocenters. The molecule has 2 atom stereocenters. The van der Waals surface area contributed by atoms with Crippen LogP contribution in [-0.4, -0.2) is 86.3 Å². The van der Waals surface area contributed by atoms with Crippen LogP contribution in [0.4, 0.5) is 5.69 Å². The number of benzene rings is 1. The van der Waals surface area contributed by atoms with Gasteiger partial charge in [-0.3, -0.25) is 14.6 Å². The Labute approximate surface area is 183 Å². The van der Waals surface area contributed by atoms with E-state index in [1.165, 1.54) is 37.5 Å². The van der Waals surface area contributed by atoms with E-state index in [1.54, 1.807) is 4.90 Å². The minimum Gasteiger partial charge on any atom is -0.494 e. The normalized spacial score (nSPS) is 21.0. The molecule has 9 heteroatoms. The number of hydrogen-bond acceptors (Lipinski definition) is 7. The van der Waals surface area contributed by atoms with Gasteiger partial charge in [0.05, 0.1) is 6.61 Å². The maximum atomic E-state index is 12.6. The topological polar surface area (TPSA) is 102 Å². The summed E-state index contributed by atoms with van der Waals surface area (Å²) in [6, 6.07) is 7.23. The highest BCUT2D eigenvalue weighted by Gasteiger charge is 2.31. The zero-order chi connectivity index (χ0) is 22.2. The van der Waals surface area contributed by atoms with Crippen LogP contribution >= 0.6 is 0 Å². The maximum absolute atomic E-state index is 12.6. The number of likely N-dealkylation sites (tertiary alicyclic amines) is 1. The van der Waals surface area contributed by atoms with E-state index < -0.39 is 6.04 Å². The predicted octanol–water partition coefficient (Wildman–Crippen LogP) is 2.22. The summed E-state index contributed by atoms with van der Waals surface area (Å²) in [4.78, 5) is 34.4. The van der Waals surface area contributed by atoms with E-state index in [1.807, 2.05) is 24.3 Å². The molecule has 2 fully saturated rings. The second-order valence-electron chi connectivity index (χ2n) is 8.01. The lowest BCUT2D eigenvalue weighted by molar-refractivity contribution is -0.136. The Bertz CT molecular complexity index is 797. The standard InChI is InChI=1S/C22H32N6O3/c1-17-5-3-10-26(17)11-4-14-31-19-8-6-18(7-9-19)28-13-12-27(16-21(28)29)22(30)20(25-23)15-24-2/h6-9,15,17,20,23H,3-5,10-14,16H2,1-2H3/t17-,20?/m1/s1. The molecule has 0 aromatic heterocycles. The van der Waals surface area contributed by atoms with Crippen LogP contribution in [0, 0.1) is 5.53 Å². The highest BCUT2D eigenvalue weighted by molar-refractivity contribution is 6.02. The summed E-state index contributed by atoms with van der Waals surface area (Å²) in [5.74, 6) is 0.254. The Morgan fingerprint density at radius 2 is 2.06 bits per heavy atom. The summed E-state index contributed by atoms with van der Waals surface area (Å²) in [6.07, 6.45) is 4.89. The molecule has 31 heavy (non-hydrogen) atoms. The number of amides is 2. The molecule has 0 aliphatic carbocycles. The number of nitrogens with one attached hydrogen (secondary N) is 1. The first-order valence-corrected chi connectivity index (χ1v) is 10.9. The number of hydrogen-bond donors (Lipinski definition) is 1. The molecule has 2 saturated heterocycles. The fraction of sp³-hybridized carbons (Fsp3) is 0.591. The second kappa shape index (κ2) is 11.0. The van der Waals surface area contributed by atoms with Crippen molar-refractivity contribution in [1.29, 1.82) is 5.53 Å². The molecule has 0 radical (unpaired) electrons. The molecule has 9 nitrogen and oxygen atoms in total. The quantitative estimate of drug-likeness (QED) is 0.370. The molecular weight excluding hydrogens is 396 g/mol. The van der Waals surface area contributed by atoms with Gasteiger partial charge in [-0.05, 0) is 57.0 Å². The lowest BCUT2D eigenvalue weighted by atomic mass is 10.2. The summed E-state index contributed by atoms with van der Waals surface area (Å²) >= 11 is 0. The van der Waals surface area contributed by atoms with E-state index in [-0.39, 0.29) is 18.4 Å². The Balaban J connectivity index is 1.47. The average Bonchev–Trinajstić information content (AvgIpc) is 3.19. The molecular formula is C22H32N6O3. The first-order valence-electron chi connectivity index (χ1n) is 10.9. The molecule has 2 heterocycles. The zero-order valence-electron chi connectivity index (χ0n) is 18.4. The zero-order valence-corrected chi connectivity index (χ0v) is 18.4. The van der Waals surface area contributed by atoms with Crippen molar-refractivity contribution >= 4 is 23.7 Å². The highest BCUT2D eigenvalue weighted by atomic mass is 16.5. The number of carbonyl (C=O) groups excluding carboxylic acids is 2. The molecule has 1 aromatic carbocycles. The fourth-order valence-electron chi connectivity index (χ4n) is 4.12. The molecule has 2 aliphatic rings. The van der Waals surface area contributed by atoms with Gasteiger partial charge in [-0.2, -0.15) is 5.11 Å². The smallest absolute Gasteiger partial charge is 0.255 e. The Hall–Kier alpha value is -2.81. The summed E-state index contributed by atoms with van der Waals surface area (Å²) in [5.41, 5.74) is 7.93. The number of aliphatic imine (C=N–C) groups is 1. The molecule has 3 rings (SSSR count). The number of anilines is 1. The Kier molecular flexibility index (Phi) is 8.11. The van der Waals surface area contributed by atoms with Crippen LogP contribution in [0.1, 0.15) is 26.2 Å². The van der Waals surface area contributed by atoms with Crippen molar-refractivity contribution in [1.82, 2.24) is 9.80 Å². The van der Waals surface area contributed by atoms with Crippen molar-refractivity contribution in [2.75, 3.05) is 51.3 Å². The van der Waals surface area contributed by atoms with Crippen LogP contribution in [0.15, 0.2) is 34.4 Å². The van der Waals surface area contributed by atoms with E-state index in [0.717, 1.165) is 24.4 Å². The average molecular weight is 429 g/mol. The van der Waals surface area contributed by atoms with Crippen LogP contribution in [0.25, 0.3) is 0 Å². The molecule has 2 aliphatic heterocycles. The molecule has 0 bridgehead atoms. The molecule has 0 saturated carbocycles. The third-order valence-electron chi connectivity index (χ3n) is 5.91. The third-order valence-corrected chi connectivity index (χ3v) is 5.91. The minimum atomic E-state index is -0.963. The summed E-state index contributed by atoms with van der Waals surface area (Å²) < 4.78 is 5.86.